The van der Waals surface area contributed by atoms with E-state index in [1.807, 2.05) is 31.3 Å². The Labute approximate surface area is 117 Å². The van der Waals surface area contributed by atoms with Crippen LogP contribution in [-0.2, 0) is 4.79 Å². The lowest BCUT2D eigenvalue weighted by Gasteiger charge is -2.31. The zero-order valence-corrected chi connectivity index (χ0v) is 11.5. The molecule has 0 aliphatic carbocycles. The molecule has 1 amide bonds. The summed E-state index contributed by atoms with van der Waals surface area (Å²) in [5, 5.41) is 4.53. The van der Waals surface area contributed by atoms with Crippen LogP contribution in [0.1, 0.15) is 12.8 Å². The van der Waals surface area contributed by atoms with E-state index in [2.05, 4.69) is 10.3 Å². The van der Waals surface area contributed by atoms with Crippen molar-refractivity contribution in [2.45, 2.75) is 18.9 Å². The summed E-state index contributed by atoms with van der Waals surface area (Å²) in [7, 11) is 1.85. The highest BCUT2D eigenvalue weighted by atomic mass is 16.2. The molecule has 5 nitrogen and oxygen atoms in total. The SMILES string of the molecule is CN1CC(Nc2ccc(N)c3ncccc23)CCC1=O. The molecule has 2 aromatic rings. The fraction of sp³-hybridized carbons (Fsp3) is 0.333. The number of hydrogen-bond donors (Lipinski definition) is 2. The second-order valence-corrected chi connectivity index (χ2v) is 5.26. The lowest BCUT2D eigenvalue weighted by molar-refractivity contribution is -0.132. The number of hydrogen-bond acceptors (Lipinski definition) is 4. The lowest BCUT2D eigenvalue weighted by atomic mass is 10.0. The third-order valence-corrected chi connectivity index (χ3v) is 3.79. The van der Waals surface area contributed by atoms with E-state index < -0.39 is 0 Å². The van der Waals surface area contributed by atoms with Gasteiger partial charge in [-0.05, 0) is 30.7 Å². The zero-order valence-electron chi connectivity index (χ0n) is 11.5. The minimum absolute atomic E-state index is 0.215. The standard InChI is InChI=1S/C15H18N4O/c1-19-9-10(4-7-14(19)20)18-13-6-5-12(16)15-11(13)3-2-8-17-15/h2-3,5-6,8,10,18H,4,7,9,16H2,1H3. The third-order valence-electron chi connectivity index (χ3n) is 3.79. The molecule has 104 valence electrons. The van der Waals surface area contributed by atoms with Crippen LogP contribution in [0.25, 0.3) is 10.9 Å². The van der Waals surface area contributed by atoms with Crippen LogP contribution in [-0.4, -0.2) is 35.4 Å². The molecule has 3 N–H and O–H groups in total. The first-order valence-corrected chi connectivity index (χ1v) is 6.79. The Balaban J connectivity index is 1.88. The van der Waals surface area contributed by atoms with Gasteiger partial charge in [0.2, 0.25) is 5.91 Å². The second kappa shape index (κ2) is 5.00. The van der Waals surface area contributed by atoms with Crippen molar-refractivity contribution in [2.24, 2.45) is 0 Å². The van der Waals surface area contributed by atoms with Gasteiger partial charge in [-0.25, -0.2) is 0 Å². The summed E-state index contributed by atoms with van der Waals surface area (Å²) < 4.78 is 0. The van der Waals surface area contributed by atoms with Gasteiger partial charge in [0, 0.05) is 43.3 Å². The molecule has 0 bridgehead atoms. The molecule has 1 saturated heterocycles. The van der Waals surface area contributed by atoms with Crippen LogP contribution in [0.4, 0.5) is 11.4 Å². The first-order chi connectivity index (χ1) is 9.65. The number of likely N-dealkylation sites (tertiary alicyclic amines) is 1. The predicted octanol–water partition coefficient (Wildman–Crippen LogP) is 1.85. The molecule has 1 aromatic heterocycles. The van der Waals surface area contributed by atoms with Crippen molar-refractivity contribution < 1.29 is 4.79 Å². The Kier molecular flexibility index (Phi) is 3.18. The van der Waals surface area contributed by atoms with Crippen LogP contribution >= 0.6 is 0 Å². The maximum atomic E-state index is 11.5. The van der Waals surface area contributed by atoms with Gasteiger partial charge in [0.05, 0.1) is 11.2 Å². The van der Waals surface area contributed by atoms with Gasteiger partial charge >= 0.3 is 0 Å². The summed E-state index contributed by atoms with van der Waals surface area (Å²) in [5.74, 6) is 0.215. The number of benzene rings is 1. The number of pyridine rings is 1. The largest absolute Gasteiger partial charge is 0.397 e. The van der Waals surface area contributed by atoms with Gasteiger partial charge in [-0.2, -0.15) is 0 Å². The Bertz CT molecular complexity index is 655. The van der Waals surface area contributed by atoms with E-state index in [4.69, 9.17) is 5.73 Å². The summed E-state index contributed by atoms with van der Waals surface area (Å²) >= 11 is 0. The molecule has 1 aliphatic rings. The van der Waals surface area contributed by atoms with E-state index in [1.54, 1.807) is 11.1 Å². The first-order valence-electron chi connectivity index (χ1n) is 6.79. The summed E-state index contributed by atoms with van der Waals surface area (Å²) in [6.45, 7) is 0.727. The summed E-state index contributed by atoms with van der Waals surface area (Å²) in [6, 6.07) is 8.04. The Morgan fingerprint density at radius 3 is 3.05 bits per heavy atom. The number of fused-ring (bicyclic) bond motifs is 1. The monoisotopic (exact) mass is 270 g/mol. The molecular formula is C15H18N4O. The minimum atomic E-state index is 0.215. The molecule has 1 atom stereocenters. The van der Waals surface area contributed by atoms with Crippen molar-refractivity contribution in [1.82, 2.24) is 9.88 Å². The fourth-order valence-electron chi connectivity index (χ4n) is 2.67. The van der Waals surface area contributed by atoms with Gasteiger partial charge in [-0.15, -0.1) is 0 Å². The number of piperidine rings is 1. The molecule has 0 spiro atoms. The van der Waals surface area contributed by atoms with Crippen molar-refractivity contribution in [2.75, 3.05) is 24.6 Å². The van der Waals surface area contributed by atoms with Crippen LogP contribution in [0.15, 0.2) is 30.5 Å². The number of aromatic nitrogens is 1. The smallest absolute Gasteiger partial charge is 0.222 e. The van der Waals surface area contributed by atoms with Crippen molar-refractivity contribution in [3.63, 3.8) is 0 Å². The molecule has 2 heterocycles. The Morgan fingerprint density at radius 2 is 2.25 bits per heavy atom. The van der Waals surface area contributed by atoms with Gasteiger partial charge in [-0.3, -0.25) is 9.78 Å². The highest BCUT2D eigenvalue weighted by molar-refractivity contribution is 5.98. The molecule has 0 radical (unpaired) electrons. The van der Waals surface area contributed by atoms with Gasteiger partial charge in [-0.1, -0.05) is 0 Å². The minimum Gasteiger partial charge on any atom is -0.397 e. The summed E-state index contributed by atoms with van der Waals surface area (Å²) in [5.41, 5.74) is 8.48. The number of nitrogens with zero attached hydrogens (tertiary/aromatic N) is 2. The van der Waals surface area contributed by atoms with Crippen LogP contribution in [0.5, 0.6) is 0 Å². The van der Waals surface area contributed by atoms with Crippen LogP contribution in [0.2, 0.25) is 0 Å². The number of nitrogens with two attached hydrogens (primary N) is 1. The number of rotatable bonds is 2. The quantitative estimate of drug-likeness (QED) is 0.817. The maximum absolute atomic E-state index is 11.5. The van der Waals surface area contributed by atoms with E-state index in [-0.39, 0.29) is 11.9 Å². The van der Waals surface area contributed by atoms with E-state index in [0.717, 1.165) is 29.6 Å². The molecule has 20 heavy (non-hydrogen) atoms. The predicted molar refractivity (Wildman–Crippen MR) is 80.4 cm³/mol. The molecule has 5 heteroatoms. The normalized spacial score (nSPS) is 19.4. The molecular weight excluding hydrogens is 252 g/mol. The number of nitrogen functional groups attached to an aromatic ring is 1. The number of likely N-dealkylation sites (N-methyl/N-ethyl adjacent to an activating group) is 1. The van der Waals surface area contributed by atoms with Crippen molar-refractivity contribution in [3.8, 4) is 0 Å². The average molecular weight is 270 g/mol. The lowest BCUT2D eigenvalue weighted by Crippen LogP contribution is -2.43. The number of nitrogens with one attached hydrogen (secondary N) is 1. The van der Waals surface area contributed by atoms with E-state index in [0.29, 0.717) is 12.1 Å². The topological polar surface area (TPSA) is 71.2 Å². The molecule has 3 rings (SSSR count). The fourth-order valence-corrected chi connectivity index (χ4v) is 2.67. The van der Waals surface area contributed by atoms with Crippen molar-refractivity contribution in [3.05, 3.63) is 30.5 Å². The number of carbonyl (C=O) groups is 1. The molecule has 1 unspecified atom stereocenters. The van der Waals surface area contributed by atoms with Gasteiger partial charge in [0.15, 0.2) is 0 Å². The van der Waals surface area contributed by atoms with Gasteiger partial charge < -0.3 is 16.0 Å². The van der Waals surface area contributed by atoms with Crippen LogP contribution < -0.4 is 11.1 Å². The highest BCUT2D eigenvalue weighted by Crippen LogP contribution is 2.28. The Hall–Kier alpha value is -2.30. The van der Waals surface area contributed by atoms with Crippen LogP contribution in [0, 0.1) is 0 Å². The van der Waals surface area contributed by atoms with Crippen LogP contribution in [0.3, 0.4) is 0 Å². The van der Waals surface area contributed by atoms with E-state index in [9.17, 15) is 4.79 Å². The number of carbonyl (C=O) groups excluding carboxylic acids is 1. The summed E-state index contributed by atoms with van der Waals surface area (Å²) in [6.07, 6.45) is 3.20. The zero-order chi connectivity index (χ0) is 14.1. The molecule has 1 fully saturated rings. The highest BCUT2D eigenvalue weighted by Gasteiger charge is 2.23. The van der Waals surface area contributed by atoms with Crippen molar-refractivity contribution in [1.29, 1.82) is 0 Å². The number of anilines is 2. The first kappa shape index (κ1) is 12.7. The van der Waals surface area contributed by atoms with Crippen molar-refractivity contribution >= 4 is 28.2 Å². The van der Waals surface area contributed by atoms with Gasteiger partial charge in [0.1, 0.15) is 0 Å². The van der Waals surface area contributed by atoms with E-state index >= 15 is 0 Å². The molecule has 0 saturated carbocycles. The maximum Gasteiger partial charge on any atom is 0.222 e. The summed E-state index contributed by atoms with van der Waals surface area (Å²) in [4.78, 5) is 17.6. The second-order valence-electron chi connectivity index (χ2n) is 5.26. The molecule has 1 aromatic carbocycles. The average Bonchev–Trinajstić information content (AvgIpc) is 2.46. The number of amides is 1. The Morgan fingerprint density at radius 1 is 1.40 bits per heavy atom. The molecule has 1 aliphatic heterocycles. The third kappa shape index (κ3) is 2.27. The van der Waals surface area contributed by atoms with Gasteiger partial charge in [0.25, 0.3) is 0 Å². The van der Waals surface area contributed by atoms with E-state index in [1.165, 1.54) is 0 Å².